The molecule has 3 amide bonds. The normalized spacial score (nSPS) is 14.7. The molecule has 180 valence electrons. The summed E-state index contributed by atoms with van der Waals surface area (Å²) in [7, 11) is 1.55. The second-order valence-corrected chi connectivity index (χ2v) is 9.20. The molecule has 0 unspecified atom stereocenters. The summed E-state index contributed by atoms with van der Waals surface area (Å²) in [4.78, 5) is 38.9. The van der Waals surface area contributed by atoms with E-state index in [9.17, 15) is 14.4 Å². The number of hydrogen-bond acceptors (Lipinski definition) is 6. The van der Waals surface area contributed by atoms with Gasteiger partial charge in [-0.3, -0.25) is 19.3 Å². The Bertz CT molecular complexity index is 1080. The summed E-state index contributed by atoms with van der Waals surface area (Å²) in [6.45, 7) is 6.51. The van der Waals surface area contributed by atoms with Gasteiger partial charge in [0.1, 0.15) is 6.54 Å². The van der Waals surface area contributed by atoms with Crippen molar-refractivity contribution in [2.24, 2.45) is 0 Å². The summed E-state index contributed by atoms with van der Waals surface area (Å²) < 4.78 is 11.1. The second kappa shape index (κ2) is 11.7. The number of imide groups is 1. The summed E-state index contributed by atoms with van der Waals surface area (Å²) in [6, 6.07) is 12.8. The number of benzene rings is 2. The first kappa shape index (κ1) is 25.4. The van der Waals surface area contributed by atoms with Gasteiger partial charge in [0, 0.05) is 5.69 Å². The van der Waals surface area contributed by atoms with E-state index in [0.717, 1.165) is 35.1 Å². The predicted molar refractivity (Wildman–Crippen MR) is 135 cm³/mol. The molecule has 2 aromatic rings. The fraction of sp³-hybridized carbons (Fsp3) is 0.346. The number of carbonyl (C=O) groups excluding carboxylic acids is 3. The third kappa shape index (κ3) is 6.41. The van der Waals surface area contributed by atoms with Crippen LogP contribution in [0.5, 0.6) is 11.5 Å². The van der Waals surface area contributed by atoms with Gasteiger partial charge < -0.3 is 14.8 Å². The van der Waals surface area contributed by atoms with Crippen LogP contribution in [-0.2, 0) is 9.59 Å². The second-order valence-electron chi connectivity index (χ2n) is 8.21. The minimum absolute atomic E-state index is 0.251. The molecule has 1 aliphatic rings. The lowest BCUT2D eigenvalue weighted by Crippen LogP contribution is -2.36. The van der Waals surface area contributed by atoms with E-state index in [-0.39, 0.29) is 11.4 Å². The van der Waals surface area contributed by atoms with Gasteiger partial charge in [0.2, 0.25) is 5.91 Å². The monoisotopic (exact) mass is 482 g/mol. The van der Waals surface area contributed by atoms with Gasteiger partial charge in [-0.15, -0.1) is 0 Å². The lowest BCUT2D eigenvalue weighted by molar-refractivity contribution is -0.127. The molecule has 2 aromatic carbocycles. The molecule has 0 spiro atoms. The van der Waals surface area contributed by atoms with Crippen molar-refractivity contribution in [1.29, 1.82) is 0 Å². The van der Waals surface area contributed by atoms with E-state index in [1.165, 1.54) is 0 Å². The van der Waals surface area contributed by atoms with Crippen molar-refractivity contribution in [3.8, 4) is 11.5 Å². The van der Waals surface area contributed by atoms with Gasteiger partial charge in [-0.05, 0) is 65.6 Å². The molecule has 1 fully saturated rings. The van der Waals surface area contributed by atoms with Crippen LogP contribution in [0.2, 0.25) is 0 Å². The summed E-state index contributed by atoms with van der Waals surface area (Å²) >= 11 is 0.811. The van der Waals surface area contributed by atoms with E-state index in [2.05, 4.69) is 26.1 Å². The fourth-order valence-electron chi connectivity index (χ4n) is 3.30. The van der Waals surface area contributed by atoms with E-state index >= 15 is 0 Å². The van der Waals surface area contributed by atoms with Crippen molar-refractivity contribution in [2.75, 3.05) is 25.6 Å². The molecule has 1 N–H and O–H groups in total. The molecule has 3 rings (SSSR count). The highest BCUT2D eigenvalue weighted by atomic mass is 32.2. The van der Waals surface area contributed by atoms with Crippen LogP contribution in [-0.4, -0.2) is 42.2 Å². The van der Waals surface area contributed by atoms with Gasteiger partial charge in [0.15, 0.2) is 11.5 Å². The number of unbranched alkanes of at least 4 members (excludes halogenated alkanes) is 1. The molecule has 0 saturated carbocycles. The van der Waals surface area contributed by atoms with E-state index < -0.39 is 17.1 Å². The molecule has 0 radical (unpaired) electrons. The van der Waals surface area contributed by atoms with Gasteiger partial charge in [-0.25, -0.2) is 0 Å². The largest absolute Gasteiger partial charge is 0.493 e. The number of methoxy groups -OCH3 is 1. The standard InChI is InChI=1S/C26H30N2O5S/c1-5-6-13-33-21-12-7-18(14-22(21)32-4)15-23-25(30)28(26(31)34-23)16-24(29)27-20-10-8-19(9-11-20)17(2)3/h7-12,14-15,17H,5-6,13,16H2,1-4H3,(H,27,29)/b23-15-. The summed E-state index contributed by atoms with van der Waals surface area (Å²) in [5.74, 6) is 0.626. The molecule has 0 aliphatic carbocycles. The number of anilines is 1. The molecule has 8 heteroatoms. The molecular weight excluding hydrogens is 452 g/mol. The lowest BCUT2D eigenvalue weighted by atomic mass is 10.0. The fourth-order valence-corrected chi connectivity index (χ4v) is 4.14. The average Bonchev–Trinajstić information content (AvgIpc) is 3.07. The SMILES string of the molecule is CCCCOc1ccc(/C=C2\SC(=O)N(CC(=O)Nc3ccc(C(C)C)cc3)C2=O)cc1OC. The van der Waals surface area contributed by atoms with Gasteiger partial charge in [-0.1, -0.05) is 45.4 Å². The summed E-state index contributed by atoms with van der Waals surface area (Å²) in [5, 5.41) is 2.26. The summed E-state index contributed by atoms with van der Waals surface area (Å²) in [5.41, 5.74) is 2.47. The zero-order valence-corrected chi connectivity index (χ0v) is 20.7. The maximum atomic E-state index is 12.8. The molecule has 34 heavy (non-hydrogen) atoms. The highest BCUT2D eigenvalue weighted by Gasteiger charge is 2.36. The number of nitrogens with zero attached hydrogens (tertiary/aromatic N) is 1. The van der Waals surface area contributed by atoms with Crippen LogP contribution in [0.15, 0.2) is 47.4 Å². The molecule has 1 heterocycles. The first-order valence-electron chi connectivity index (χ1n) is 11.3. The maximum absolute atomic E-state index is 12.8. The Hall–Kier alpha value is -3.26. The molecule has 7 nitrogen and oxygen atoms in total. The van der Waals surface area contributed by atoms with Crippen molar-refractivity contribution in [2.45, 2.75) is 39.5 Å². The number of amides is 3. The Morgan fingerprint density at radius 1 is 1.12 bits per heavy atom. The number of carbonyl (C=O) groups is 3. The molecule has 0 bridgehead atoms. The topological polar surface area (TPSA) is 84.9 Å². The van der Waals surface area contributed by atoms with Crippen LogP contribution < -0.4 is 14.8 Å². The van der Waals surface area contributed by atoms with Crippen LogP contribution in [0.4, 0.5) is 10.5 Å². The Morgan fingerprint density at radius 3 is 2.50 bits per heavy atom. The first-order chi connectivity index (χ1) is 16.3. The van der Waals surface area contributed by atoms with Gasteiger partial charge in [0.05, 0.1) is 18.6 Å². The van der Waals surface area contributed by atoms with Gasteiger partial charge in [-0.2, -0.15) is 0 Å². The summed E-state index contributed by atoms with van der Waals surface area (Å²) in [6.07, 6.45) is 3.58. The third-order valence-corrected chi connectivity index (χ3v) is 6.18. The van der Waals surface area contributed by atoms with Crippen LogP contribution in [0, 0.1) is 0 Å². The first-order valence-corrected chi connectivity index (χ1v) is 12.1. The predicted octanol–water partition coefficient (Wildman–Crippen LogP) is 5.67. The maximum Gasteiger partial charge on any atom is 0.294 e. The lowest BCUT2D eigenvalue weighted by Gasteiger charge is -2.13. The zero-order chi connectivity index (χ0) is 24.7. The Labute approximate surface area is 204 Å². The third-order valence-electron chi connectivity index (χ3n) is 5.28. The van der Waals surface area contributed by atoms with Gasteiger partial charge >= 0.3 is 0 Å². The molecule has 0 aromatic heterocycles. The molecule has 0 atom stereocenters. The van der Waals surface area contributed by atoms with Crippen molar-refractivity contribution in [3.63, 3.8) is 0 Å². The average molecular weight is 483 g/mol. The van der Waals surface area contributed by atoms with Crippen molar-refractivity contribution in [3.05, 3.63) is 58.5 Å². The van der Waals surface area contributed by atoms with Crippen molar-refractivity contribution >= 4 is 40.6 Å². The molecule has 1 aliphatic heterocycles. The minimum Gasteiger partial charge on any atom is -0.493 e. The van der Waals surface area contributed by atoms with Crippen molar-refractivity contribution < 1.29 is 23.9 Å². The van der Waals surface area contributed by atoms with Crippen LogP contribution in [0.25, 0.3) is 6.08 Å². The van der Waals surface area contributed by atoms with Crippen LogP contribution >= 0.6 is 11.8 Å². The van der Waals surface area contributed by atoms with E-state index in [0.29, 0.717) is 35.3 Å². The van der Waals surface area contributed by atoms with Crippen molar-refractivity contribution in [1.82, 2.24) is 4.90 Å². The number of rotatable bonds is 10. The zero-order valence-electron chi connectivity index (χ0n) is 19.9. The Balaban J connectivity index is 1.66. The van der Waals surface area contributed by atoms with E-state index in [1.807, 2.05) is 24.3 Å². The number of ether oxygens (including phenoxy) is 2. The smallest absolute Gasteiger partial charge is 0.294 e. The highest BCUT2D eigenvalue weighted by molar-refractivity contribution is 8.18. The molecular formula is C26H30N2O5S. The quantitative estimate of drug-likeness (QED) is 0.347. The Kier molecular flexibility index (Phi) is 8.76. The van der Waals surface area contributed by atoms with E-state index in [1.54, 1.807) is 31.4 Å². The Morgan fingerprint density at radius 2 is 1.85 bits per heavy atom. The molecule has 1 saturated heterocycles. The van der Waals surface area contributed by atoms with E-state index in [4.69, 9.17) is 9.47 Å². The van der Waals surface area contributed by atoms with Crippen LogP contribution in [0.3, 0.4) is 0 Å². The highest BCUT2D eigenvalue weighted by Crippen LogP contribution is 2.34. The minimum atomic E-state index is -0.498. The number of nitrogens with one attached hydrogen (secondary N) is 1. The van der Waals surface area contributed by atoms with Crippen LogP contribution in [0.1, 0.15) is 50.7 Å². The number of hydrogen-bond donors (Lipinski definition) is 1. The van der Waals surface area contributed by atoms with Gasteiger partial charge in [0.25, 0.3) is 11.1 Å². The number of thioether (sulfide) groups is 1.